The van der Waals surface area contributed by atoms with E-state index in [0.29, 0.717) is 0 Å². The van der Waals surface area contributed by atoms with Crippen molar-refractivity contribution in [1.82, 2.24) is 0 Å². The van der Waals surface area contributed by atoms with E-state index >= 15 is 0 Å². The SMILES string of the molecule is CN(C(=O)C1CCC2CCCCC2C1)c1ccc(N)cc1. The minimum atomic E-state index is 0.215. The summed E-state index contributed by atoms with van der Waals surface area (Å²) in [4.78, 5) is 14.6. The maximum absolute atomic E-state index is 12.8. The summed E-state index contributed by atoms with van der Waals surface area (Å²) in [5, 5.41) is 0. The summed E-state index contributed by atoms with van der Waals surface area (Å²) in [6.45, 7) is 0. The first-order valence-electron chi connectivity index (χ1n) is 8.28. The van der Waals surface area contributed by atoms with Gasteiger partial charge in [-0.15, -0.1) is 0 Å². The van der Waals surface area contributed by atoms with E-state index in [2.05, 4.69) is 0 Å². The summed E-state index contributed by atoms with van der Waals surface area (Å²) in [7, 11) is 1.89. The van der Waals surface area contributed by atoms with E-state index in [0.717, 1.165) is 36.1 Å². The topological polar surface area (TPSA) is 46.3 Å². The molecule has 3 heteroatoms. The molecule has 0 heterocycles. The summed E-state index contributed by atoms with van der Waals surface area (Å²) in [5.41, 5.74) is 7.40. The number of rotatable bonds is 2. The van der Waals surface area contributed by atoms with E-state index < -0.39 is 0 Å². The van der Waals surface area contributed by atoms with Crippen LogP contribution in [0.3, 0.4) is 0 Å². The van der Waals surface area contributed by atoms with Gasteiger partial charge in [-0.25, -0.2) is 0 Å². The monoisotopic (exact) mass is 286 g/mol. The lowest BCUT2D eigenvalue weighted by atomic mass is 9.67. The predicted octanol–water partition coefficient (Wildman–Crippen LogP) is 3.84. The Morgan fingerprint density at radius 1 is 1.05 bits per heavy atom. The van der Waals surface area contributed by atoms with Crippen molar-refractivity contribution < 1.29 is 4.79 Å². The van der Waals surface area contributed by atoms with E-state index in [9.17, 15) is 4.79 Å². The van der Waals surface area contributed by atoms with Gasteiger partial charge >= 0.3 is 0 Å². The molecule has 0 bridgehead atoms. The highest BCUT2D eigenvalue weighted by atomic mass is 16.2. The molecule has 2 fully saturated rings. The third-order valence-electron chi connectivity index (χ3n) is 5.50. The van der Waals surface area contributed by atoms with Crippen LogP contribution in [0.25, 0.3) is 0 Å². The Bertz CT molecular complexity index is 496. The third-order valence-corrected chi connectivity index (χ3v) is 5.50. The number of hydrogen-bond donors (Lipinski definition) is 1. The number of nitrogen functional groups attached to an aromatic ring is 1. The molecule has 3 atom stereocenters. The standard InChI is InChI=1S/C18H26N2O/c1-20(17-10-8-16(19)9-11-17)18(21)15-7-6-13-4-2-3-5-14(13)12-15/h8-11,13-15H,2-7,12,19H2,1H3. The largest absolute Gasteiger partial charge is 0.399 e. The Morgan fingerprint density at radius 2 is 1.71 bits per heavy atom. The zero-order chi connectivity index (χ0) is 14.8. The number of hydrogen-bond acceptors (Lipinski definition) is 2. The molecule has 3 rings (SSSR count). The Kier molecular flexibility index (Phi) is 4.18. The fraction of sp³-hybridized carbons (Fsp3) is 0.611. The van der Waals surface area contributed by atoms with Gasteiger partial charge in [0.15, 0.2) is 0 Å². The molecular weight excluding hydrogens is 260 g/mol. The quantitative estimate of drug-likeness (QED) is 0.840. The van der Waals surface area contributed by atoms with E-state index in [4.69, 9.17) is 5.73 Å². The molecule has 0 spiro atoms. The molecule has 2 aliphatic rings. The average molecular weight is 286 g/mol. The second-order valence-corrected chi connectivity index (χ2v) is 6.80. The lowest BCUT2D eigenvalue weighted by Gasteiger charge is -2.39. The van der Waals surface area contributed by atoms with Gasteiger partial charge in [0.2, 0.25) is 5.91 Å². The van der Waals surface area contributed by atoms with E-state index in [-0.39, 0.29) is 11.8 Å². The molecule has 3 unspecified atom stereocenters. The molecule has 0 aliphatic heterocycles. The number of benzene rings is 1. The van der Waals surface area contributed by atoms with E-state index in [1.165, 1.54) is 32.1 Å². The Labute approximate surface area is 127 Å². The smallest absolute Gasteiger partial charge is 0.229 e. The molecule has 21 heavy (non-hydrogen) atoms. The van der Waals surface area contributed by atoms with Gasteiger partial charge in [-0.05, 0) is 55.4 Å². The molecule has 2 saturated carbocycles. The van der Waals surface area contributed by atoms with Gasteiger partial charge in [-0.3, -0.25) is 4.79 Å². The van der Waals surface area contributed by atoms with Crippen LogP contribution in [0.2, 0.25) is 0 Å². The van der Waals surface area contributed by atoms with E-state index in [1.807, 2.05) is 36.2 Å². The summed E-state index contributed by atoms with van der Waals surface area (Å²) in [6, 6.07) is 7.58. The average Bonchev–Trinajstić information content (AvgIpc) is 2.54. The summed E-state index contributed by atoms with van der Waals surface area (Å²) in [5.74, 6) is 2.18. The van der Waals surface area contributed by atoms with Crippen LogP contribution in [-0.2, 0) is 4.79 Å². The van der Waals surface area contributed by atoms with Crippen molar-refractivity contribution >= 4 is 17.3 Å². The van der Waals surface area contributed by atoms with E-state index in [1.54, 1.807) is 0 Å². The van der Waals surface area contributed by atoms with Crippen molar-refractivity contribution in [1.29, 1.82) is 0 Å². The van der Waals surface area contributed by atoms with Crippen LogP contribution in [0, 0.1) is 17.8 Å². The fourth-order valence-electron chi connectivity index (χ4n) is 4.20. The highest BCUT2D eigenvalue weighted by Gasteiger charge is 2.36. The molecule has 0 aromatic heterocycles. The molecule has 114 valence electrons. The molecule has 1 aromatic rings. The Hall–Kier alpha value is -1.51. The van der Waals surface area contributed by atoms with Crippen LogP contribution >= 0.6 is 0 Å². The highest BCUT2D eigenvalue weighted by Crippen LogP contribution is 2.43. The number of carbonyl (C=O) groups is 1. The van der Waals surface area contributed by atoms with Crippen molar-refractivity contribution in [2.45, 2.75) is 44.9 Å². The summed E-state index contributed by atoms with van der Waals surface area (Å²) in [6.07, 6.45) is 8.89. The Balaban J connectivity index is 1.66. The van der Waals surface area contributed by atoms with Crippen LogP contribution in [0.4, 0.5) is 11.4 Å². The van der Waals surface area contributed by atoms with Crippen LogP contribution in [0.1, 0.15) is 44.9 Å². The third kappa shape index (κ3) is 3.07. The number of fused-ring (bicyclic) bond motifs is 1. The number of nitrogens with zero attached hydrogens (tertiary/aromatic N) is 1. The molecule has 2 N–H and O–H groups in total. The normalized spacial score (nSPS) is 28.7. The molecule has 0 saturated heterocycles. The molecule has 1 amide bonds. The lowest BCUT2D eigenvalue weighted by Crippen LogP contribution is -2.38. The predicted molar refractivity (Wildman–Crippen MR) is 87.1 cm³/mol. The van der Waals surface area contributed by atoms with Crippen LogP contribution < -0.4 is 10.6 Å². The van der Waals surface area contributed by atoms with Crippen LogP contribution in [0.15, 0.2) is 24.3 Å². The van der Waals surface area contributed by atoms with Gasteiger partial charge in [-0.1, -0.05) is 25.7 Å². The van der Waals surface area contributed by atoms with Gasteiger partial charge < -0.3 is 10.6 Å². The summed E-state index contributed by atoms with van der Waals surface area (Å²) >= 11 is 0. The first-order valence-corrected chi connectivity index (χ1v) is 8.28. The molecule has 3 nitrogen and oxygen atoms in total. The number of anilines is 2. The zero-order valence-electron chi connectivity index (χ0n) is 12.9. The van der Waals surface area contributed by atoms with Crippen molar-refractivity contribution in [2.75, 3.05) is 17.7 Å². The van der Waals surface area contributed by atoms with Crippen molar-refractivity contribution in [3.05, 3.63) is 24.3 Å². The highest BCUT2D eigenvalue weighted by molar-refractivity contribution is 5.94. The van der Waals surface area contributed by atoms with Gasteiger partial charge in [0.05, 0.1) is 0 Å². The number of carbonyl (C=O) groups excluding carboxylic acids is 1. The van der Waals surface area contributed by atoms with Crippen molar-refractivity contribution in [2.24, 2.45) is 17.8 Å². The first kappa shape index (κ1) is 14.4. The minimum absolute atomic E-state index is 0.215. The number of amides is 1. The zero-order valence-corrected chi connectivity index (χ0v) is 12.9. The van der Waals surface area contributed by atoms with Gasteiger partial charge in [-0.2, -0.15) is 0 Å². The second-order valence-electron chi connectivity index (χ2n) is 6.80. The van der Waals surface area contributed by atoms with Gasteiger partial charge in [0.1, 0.15) is 0 Å². The maximum atomic E-state index is 12.8. The van der Waals surface area contributed by atoms with Crippen molar-refractivity contribution in [3.8, 4) is 0 Å². The molecule has 1 aromatic carbocycles. The Morgan fingerprint density at radius 3 is 2.43 bits per heavy atom. The second kappa shape index (κ2) is 6.08. The maximum Gasteiger partial charge on any atom is 0.229 e. The summed E-state index contributed by atoms with van der Waals surface area (Å²) < 4.78 is 0. The number of nitrogens with two attached hydrogens (primary N) is 1. The van der Waals surface area contributed by atoms with Gasteiger partial charge in [0.25, 0.3) is 0 Å². The minimum Gasteiger partial charge on any atom is -0.399 e. The first-order chi connectivity index (χ1) is 10.1. The van der Waals surface area contributed by atoms with Crippen LogP contribution in [0.5, 0.6) is 0 Å². The molecule has 0 radical (unpaired) electrons. The van der Waals surface area contributed by atoms with Crippen LogP contribution in [-0.4, -0.2) is 13.0 Å². The van der Waals surface area contributed by atoms with Gasteiger partial charge in [0, 0.05) is 24.3 Å². The lowest BCUT2D eigenvalue weighted by molar-refractivity contribution is -0.124. The molecular formula is C18H26N2O. The van der Waals surface area contributed by atoms with Crippen molar-refractivity contribution in [3.63, 3.8) is 0 Å². The molecule has 2 aliphatic carbocycles. The fourth-order valence-corrected chi connectivity index (χ4v) is 4.20.